The van der Waals surface area contributed by atoms with Crippen molar-refractivity contribution in [3.8, 4) is 5.75 Å². The molecule has 0 saturated heterocycles. The van der Waals surface area contributed by atoms with Gasteiger partial charge >= 0.3 is 10.1 Å². The summed E-state index contributed by atoms with van der Waals surface area (Å²) in [6, 6.07) is 7.67. The van der Waals surface area contributed by atoms with Gasteiger partial charge in [0, 0.05) is 0 Å². The Balaban J connectivity index is 2.98. The van der Waals surface area contributed by atoms with E-state index in [0.29, 0.717) is 5.75 Å². The fourth-order valence-corrected chi connectivity index (χ4v) is 1.25. The quantitative estimate of drug-likeness (QED) is 0.649. The van der Waals surface area contributed by atoms with Crippen LogP contribution in [0.4, 0.5) is 0 Å². The van der Waals surface area contributed by atoms with Crippen LogP contribution in [0.25, 0.3) is 0 Å². The van der Waals surface area contributed by atoms with E-state index in [9.17, 15) is 8.42 Å². The number of hydrogen-bond donors (Lipinski definition) is 0. The van der Waals surface area contributed by atoms with E-state index in [1.54, 1.807) is 19.1 Å². The topological polar surface area (TPSA) is 43.4 Å². The lowest BCUT2D eigenvalue weighted by molar-refractivity contribution is 0.491. The molecule has 4 heteroatoms. The third-order valence-electron chi connectivity index (χ3n) is 1.27. The Morgan fingerprint density at radius 1 is 1.50 bits per heavy atom. The van der Waals surface area contributed by atoms with Crippen LogP contribution in [-0.4, -0.2) is 14.7 Å². The van der Waals surface area contributed by atoms with Gasteiger partial charge in [-0.1, -0.05) is 12.1 Å². The molecule has 0 saturated carbocycles. The maximum atomic E-state index is 10.7. The van der Waals surface area contributed by atoms with E-state index in [4.69, 9.17) is 0 Å². The zero-order valence-corrected chi connectivity index (χ0v) is 7.68. The average molecular weight is 185 g/mol. The number of aryl methyl sites for hydroxylation is 1. The van der Waals surface area contributed by atoms with E-state index in [0.717, 1.165) is 11.8 Å². The molecule has 1 aromatic carbocycles. The molecular weight excluding hydrogens is 176 g/mol. The monoisotopic (exact) mass is 185 g/mol. The standard InChI is InChI=1S/C8H9O3S/c1-7-5-3-4-6-8(7)11-12(2,9)10/h3,5-6H,1-2H3. The van der Waals surface area contributed by atoms with Crippen molar-refractivity contribution < 1.29 is 12.6 Å². The fourth-order valence-electron chi connectivity index (χ4n) is 0.746. The van der Waals surface area contributed by atoms with Gasteiger partial charge in [0.15, 0.2) is 0 Å². The molecule has 0 aliphatic heterocycles. The van der Waals surface area contributed by atoms with Crippen LogP contribution in [0.3, 0.4) is 0 Å². The van der Waals surface area contributed by atoms with Gasteiger partial charge in [-0.2, -0.15) is 8.42 Å². The Labute approximate surface area is 72.1 Å². The number of hydrogen-bond acceptors (Lipinski definition) is 3. The maximum absolute atomic E-state index is 10.7. The van der Waals surface area contributed by atoms with Gasteiger partial charge in [0.2, 0.25) is 0 Å². The molecule has 1 radical (unpaired) electrons. The van der Waals surface area contributed by atoms with Crippen molar-refractivity contribution in [3.63, 3.8) is 0 Å². The summed E-state index contributed by atoms with van der Waals surface area (Å²) in [5.74, 6) is 0.333. The molecule has 1 aromatic rings. The van der Waals surface area contributed by atoms with Crippen LogP contribution in [0, 0.1) is 13.0 Å². The summed E-state index contributed by atoms with van der Waals surface area (Å²) >= 11 is 0. The fraction of sp³-hybridized carbons (Fsp3) is 0.250. The maximum Gasteiger partial charge on any atom is 0.306 e. The molecule has 0 aliphatic rings. The third kappa shape index (κ3) is 2.54. The molecule has 0 bridgehead atoms. The SMILES string of the molecule is Cc1cc[c]cc1OS(C)(=O)=O. The molecule has 0 atom stereocenters. The highest BCUT2D eigenvalue weighted by molar-refractivity contribution is 7.86. The zero-order chi connectivity index (χ0) is 9.19. The second kappa shape index (κ2) is 3.15. The van der Waals surface area contributed by atoms with Gasteiger partial charge in [0.25, 0.3) is 0 Å². The molecule has 0 aromatic heterocycles. The van der Waals surface area contributed by atoms with Gasteiger partial charge < -0.3 is 4.18 Å². The summed E-state index contributed by atoms with van der Waals surface area (Å²) in [6.07, 6.45) is 1.01. The smallest absolute Gasteiger partial charge is 0.306 e. The lowest BCUT2D eigenvalue weighted by atomic mass is 10.2. The Hall–Kier alpha value is -1.03. The van der Waals surface area contributed by atoms with Gasteiger partial charge in [0.05, 0.1) is 6.26 Å². The van der Waals surface area contributed by atoms with E-state index < -0.39 is 10.1 Å². The number of benzene rings is 1. The predicted molar refractivity (Wildman–Crippen MR) is 45.5 cm³/mol. The first-order valence-corrected chi connectivity index (χ1v) is 5.17. The minimum atomic E-state index is -3.42. The lowest BCUT2D eigenvalue weighted by Crippen LogP contribution is -2.06. The zero-order valence-electron chi connectivity index (χ0n) is 6.87. The van der Waals surface area contributed by atoms with Crippen molar-refractivity contribution >= 4 is 10.1 Å². The first-order chi connectivity index (χ1) is 5.49. The Morgan fingerprint density at radius 3 is 2.67 bits per heavy atom. The Kier molecular flexibility index (Phi) is 2.38. The van der Waals surface area contributed by atoms with E-state index in [1.807, 2.05) is 0 Å². The molecule has 0 heterocycles. The first kappa shape index (κ1) is 9.06. The van der Waals surface area contributed by atoms with Crippen molar-refractivity contribution in [1.82, 2.24) is 0 Å². The highest BCUT2D eigenvalue weighted by Gasteiger charge is 2.05. The van der Waals surface area contributed by atoms with Crippen molar-refractivity contribution in [1.29, 1.82) is 0 Å². The highest BCUT2D eigenvalue weighted by Crippen LogP contribution is 2.17. The largest absolute Gasteiger partial charge is 0.382 e. The molecule has 0 spiro atoms. The number of rotatable bonds is 2. The van der Waals surface area contributed by atoms with E-state index in [-0.39, 0.29) is 0 Å². The predicted octanol–water partition coefficient (Wildman–Crippen LogP) is 1.13. The summed E-state index contributed by atoms with van der Waals surface area (Å²) in [6.45, 7) is 1.77. The minimum absolute atomic E-state index is 0.333. The van der Waals surface area contributed by atoms with Crippen LogP contribution in [0.2, 0.25) is 0 Å². The van der Waals surface area contributed by atoms with Crippen molar-refractivity contribution in [2.45, 2.75) is 6.92 Å². The van der Waals surface area contributed by atoms with E-state index in [1.165, 1.54) is 6.07 Å². The van der Waals surface area contributed by atoms with E-state index >= 15 is 0 Å². The molecule has 0 unspecified atom stereocenters. The molecule has 0 aliphatic carbocycles. The van der Waals surface area contributed by atoms with Crippen LogP contribution < -0.4 is 4.18 Å². The third-order valence-corrected chi connectivity index (χ3v) is 1.76. The first-order valence-electron chi connectivity index (χ1n) is 3.35. The van der Waals surface area contributed by atoms with Crippen molar-refractivity contribution in [2.24, 2.45) is 0 Å². The molecule has 1 rings (SSSR count). The molecule has 0 N–H and O–H groups in total. The van der Waals surface area contributed by atoms with Crippen LogP contribution in [0.5, 0.6) is 5.75 Å². The van der Waals surface area contributed by atoms with Crippen LogP contribution in [0.1, 0.15) is 5.56 Å². The average Bonchev–Trinajstić information content (AvgIpc) is 1.91. The molecule has 65 valence electrons. The van der Waals surface area contributed by atoms with Gasteiger partial charge in [-0.05, 0) is 24.6 Å². The van der Waals surface area contributed by atoms with Crippen LogP contribution in [-0.2, 0) is 10.1 Å². The van der Waals surface area contributed by atoms with Gasteiger partial charge in [-0.15, -0.1) is 0 Å². The molecule has 0 fully saturated rings. The second-order valence-corrected chi connectivity index (χ2v) is 4.05. The second-order valence-electron chi connectivity index (χ2n) is 2.48. The molecule has 0 amide bonds. The van der Waals surface area contributed by atoms with Crippen LogP contribution in [0.15, 0.2) is 18.2 Å². The summed E-state index contributed by atoms with van der Waals surface area (Å²) in [5, 5.41) is 0. The van der Waals surface area contributed by atoms with E-state index in [2.05, 4.69) is 10.2 Å². The summed E-state index contributed by atoms with van der Waals surface area (Å²) in [7, 11) is -3.42. The van der Waals surface area contributed by atoms with Gasteiger partial charge in [-0.25, -0.2) is 0 Å². The van der Waals surface area contributed by atoms with Gasteiger partial charge in [-0.3, -0.25) is 0 Å². The highest BCUT2D eigenvalue weighted by atomic mass is 32.2. The van der Waals surface area contributed by atoms with Gasteiger partial charge in [0.1, 0.15) is 5.75 Å². The van der Waals surface area contributed by atoms with Crippen LogP contribution >= 0.6 is 0 Å². The minimum Gasteiger partial charge on any atom is -0.382 e. The molecular formula is C8H9O3S. The Bertz CT molecular complexity index is 368. The Morgan fingerprint density at radius 2 is 2.17 bits per heavy atom. The molecule has 3 nitrogen and oxygen atoms in total. The normalized spacial score (nSPS) is 11.2. The summed E-state index contributed by atoms with van der Waals surface area (Å²) in [4.78, 5) is 0. The molecule has 12 heavy (non-hydrogen) atoms. The summed E-state index contributed by atoms with van der Waals surface area (Å²) < 4.78 is 26.1. The summed E-state index contributed by atoms with van der Waals surface area (Å²) in [5.41, 5.74) is 0.777. The van der Waals surface area contributed by atoms with Crippen molar-refractivity contribution in [3.05, 3.63) is 29.8 Å². The lowest BCUT2D eigenvalue weighted by Gasteiger charge is -2.04. The van der Waals surface area contributed by atoms with Crippen molar-refractivity contribution in [2.75, 3.05) is 6.26 Å².